The van der Waals surface area contributed by atoms with Crippen molar-refractivity contribution in [1.82, 2.24) is 0 Å². The molecule has 0 fully saturated rings. The van der Waals surface area contributed by atoms with Crippen molar-refractivity contribution in [3.8, 4) is 0 Å². The fraction of sp³-hybridized carbons (Fsp3) is 0. The van der Waals surface area contributed by atoms with Gasteiger partial charge in [0.2, 0.25) is 0 Å². The van der Waals surface area contributed by atoms with Gasteiger partial charge in [0.25, 0.3) is 0 Å². The first-order chi connectivity index (χ1) is 6.24. The van der Waals surface area contributed by atoms with Crippen LogP contribution in [0, 0.1) is 0 Å². The lowest BCUT2D eigenvalue weighted by molar-refractivity contribution is -0.255. The lowest BCUT2D eigenvalue weighted by Gasteiger charge is -2.01. The monoisotopic (exact) mass is 175 g/mol. The van der Waals surface area contributed by atoms with Gasteiger partial charge in [-0.1, -0.05) is 24.3 Å². The molecule has 0 aliphatic heterocycles. The number of carboxylic acids is 1. The third kappa shape index (κ3) is 2.56. The Kier molecular flexibility index (Phi) is 2.97. The maximum Gasteiger partial charge on any atom is 0.142 e. The fourth-order valence-electron chi connectivity index (χ4n) is 0.920. The van der Waals surface area contributed by atoms with Crippen LogP contribution in [0.3, 0.4) is 0 Å². The molecular formula is C10H7O3-. The fourth-order valence-corrected chi connectivity index (χ4v) is 0.920. The van der Waals surface area contributed by atoms with Crippen molar-refractivity contribution in [3.05, 3.63) is 41.5 Å². The molecule has 0 saturated carbocycles. The second-order valence-corrected chi connectivity index (χ2v) is 2.41. The van der Waals surface area contributed by atoms with Gasteiger partial charge >= 0.3 is 0 Å². The minimum atomic E-state index is -1.22. The molecule has 0 saturated heterocycles. The first kappa shape index (κ1) is 9.19. The third-order valence-corrected chi connectivity index (χ3v) is 1.49. The number of rotatable bonds is 3. The van der Waals surface area contributed by atoms with Crippen LogP contribution in [0.2, 0.25) is 0 Å². The van der Waals surface area contributed by atoms with E-state index in [1.807, 2.05) is 0 Å². The van der Waals surface area contributed by atoms with E-state index in [-0.39, 0.29) is 5.56 Å². The Morgan fingerprint density at radius 2 is 2.15 bits per heavy atom. The lowest BCUT2D eigenvalue weighted by Crippen LogP contribution is -2.22. The molecule has 3 heteroatoms. The average Bonchev–Trinajstić information content (AvgIpc) is 2.15. The van der Waals surface area contributed by atoms with Crippen LogP contribution in [0.1, 0.15) is 15.9 Å². The standard InChI is InChI=1S/C10H8O3/c11-6-2-4-8-3-1-5-9(7-8)10(12)13/h1-7H,(H,12,13)/p-1/b4-2+. The van der Waals surface area contributed by atoms with E-state index in [4.69, 9.17) is 0 Å². The third-order valence-electron chi connectivity index (χ3n) is 1.49. The maximum atomic E-state index is 10.4. The van der Waals surface area contributed by atoms with Gasteiger partial charge in [-0.05, 0) is 23.3 Å². The number of carboxylic acid groups (broad SMARTS) is 1. The molecule has 1 aromatic rings. The van der Waals surface area contributed by atoms with Gasteiger partial charge in [0.1, 0.15) is 6.29 Å². The molecule has 66 valence electrons. The van der Waals surface area contributed by atoms with Gasteiger partial charge < -0.3 is 9.90 Å². The minimum absolute atomic E-state index is 0.105. The molecule has 13 heavy (non-hydrogen) atoms. The molecule has 0 aliphatic rings. The SMILES string of the molecule is O=C/C=C/c1cccc(C(=O)[O-])c1. The van der Waals surface area contributed by atoms with Crippen LogP contribution in [-0.2, 0) is 4.79 Å². The summed E-state index contributed by atoms with van der Waals surface area (Å²) in [6.45, 7) is 0. The van der Waals surface area contributed by atoms with Crippen LogP contribution in [0.15, 0.2) is 30.3 Å². The number of aromatic carboxylic acids is 1. The van der Waals surface area contributed by atoms with Gasteiger partial charge in [-0.3, -0.25) is 4.79 Å². The predicted molar refractivity (Wildman–Crippen MR) is 45.9 cm³/mol. The molecular weight excluding hydrogens is 168 g/mol. The largest absolute Gasteiger partial charge is 0.545 e. The van der Waals surface area contributed by atoms with Gasteiger partial charge in [0.15, 0.2) is 0 Å². The zero-order valence-corrected chi connectivity index (χ0v) is 6.77. The van der Waals surface area contributed by atoms with Crippen molar-refractivity contribution < 1.29 is 14.7 Å². The number of carbonyl (C=O) groups is 2. The highest BCUT2D eigenvalue weighted by atomic mass is 16.4. The highest BCUT2D eigenvalue weighted by molar-refractivity contribution is 5.87. The van der Waals surface area contributed by atoms with Crippen molar-refractivity contribution in [2.24, 2.45) is 0 Å². The Morgan fingerprint density at radius 3 is 2.77 bits per heavy atom. The molecule has 0 radical (unpaired) electrons. The van der Waals surface area contributed by atoms with Crippen LogP contribution < -0.4 is 5.11 Å². The Hall–Kier alpha value is -1.90. The van der Waals surface area contributed by atoms with Crippen LogP contribution in [0.5, 0.6) is 0 Å². The zero-order valence-electron chi connectivity index (χ0n) is 6.77. The van der Waals surface area contributed by atoms with Gasteiger partial charge in [0.05, 0.1) is 5.97 Å². The van der Waals surface area contributed by atoms with E-state index in [1.165, 1.54) is 24.3 Å². The summed E-state index contributed by atoms with van der Waals surface area (Å²) in [6, 6.07) is 6.17. The Morgan fingerprint density at radius 1 is 1.38 bits per heavy atom. The zero-order chi connectivity index (χ0) is 9.68. The summed E-state index contributed by atoms with van der Waals surface area (Å²) in [4.78, 5) is 20.4. The summed E-state index contributed by atoms with van der Waals surface area (Å²) < 4.78 is 0. The second kappa shape index (κ2) is 4.21. The first-order valence-corrected chi connectivity index (χ1v) is 3.67. The summed E-state index contributed by atoms with van der Waals surface area (Å²) in [5.74, 6) is -1.22. The van der Waals surface area contributed by atoms with Crippen LogP contribution >= 0.6 is 0 Å². The molecule has 0 heterocycles. The molecule has 0 aromatic heterocycles. The van der Waals surface area contributed by atoms with E-state index in [2.05, 4.69) is 0 Å². The number of hydrogen-bond acceptors (Lipinski definition) is 3. The highest BCUT2D eigenvalue weighted by Crippen LogP contribution is 2.05. The first-order valence-electron chi connectivity index (χ1n) is 3.67. The Labute approximate surface area is 75.3 Å². The van der Waals surface area contributed by atoms with E-state index < -0.39 is 5.97 Å². The number of benzene rings is 1. The van der Waals surface area contributed by atoms with Crippen molar-refractivity contribution >= 4 is 18.3 Å². The summed E-state index contributed by atoms with van der Waals surface area (Å²) >= 11 is 0. The van der Waals surface area contributed by atoms with Crippen molar-refractivity contribution in [3.63, 3.8) is 0 Å². The predicted octanol–water partition coefficient (Wildman–Crippen LogP) is 0.262. The highest BCUT2D eigenvalue weighted by Gasteiger charge is 1.92. The normalized spacial score (nSPS) is 10.2. The molecule has 1 rings (SSSR count). The topological polar surface area (TPSA) is 57.2 Å². The van der Waals surface area contributed by atoms with Gasteiger partial charge in [-0.25, -0.2) is 0 Å². The van der Waals surface area contributed by atoms with E-state index in [0.717, 1.165) is 0 Å². The van der Waals surface area contributed by atoms with E-state index in [9.17, 15) is 14.7 Å². The quantitative estimate of drug-likeness (QED) is 0.489. The summed E-state index contributed by atoms with van der Waals surface area (Å²) in [5, 5.41) is 10.4. The van der Waals surface area contributed by atoms with Crippen molar-refractivity contribution in [1.29, 1.82) is 0 Å². The second-order valence-electron chi connectivity index (χ2n) is 2.41. The van der Waals surface area contributed by atoms with Crippen LogP contribution in [0.4, 0.5) is 0 Å². The van der Waals surface area contributed by atoms with E-state index in [1.54, 1.807) is 12.1 Å². The number of allylic oxidation sites excluding steroid dienone is 1. The van der Waals surface area contributed by atoms with Gasteiger partial charge in [-0.15, -0.1) is 0 Å². The molecule has 0 unspecified atom stereocenters. The van der Waals surface area contributed by atoms with E-state index in [0.29, 0.717) is 11.8 Å². The number of aldehydes is 1. The van der Waals surface area contributed by atoms with Crippen molar-refractivity contribution in [2.75, 3.05) is 0 Å². The number of hydrogen-bond donors (Lipinski definition) is 0. The Bertz CT molecular complexity index is 353. The molecule has 0 atom stereocenters. The van der Waals surface area contributed by atoms with E-state index >= 15 is 0 Å². The summed E-state index contributed by atoms with van der Waals surface area (Å²) in [7, 11) is 0. The molecule has 0 bridgehead atoms. The van der Waals surface area contributed by atoms with Gasteiger partial charge in [0, 0.05) is 0 Å². The van der Waals surface area contributed by atoms with Crippen LogP contribution in [0.25, 0.3) is 6.08 Å². The smallest absolute Gasteiger partial charge is 0.142 e. The molecule has 0 N–H and O–H groups in total. The lowest BCUT2D eigenvalue weighted by atomic mass is 10.1. The molecule has 1 aromatic carbocycles. The number of carbonyl (C=O) groups excluding carboxylic acids is 2. The summed E-state index contributed by atoms with van der Waals surface area (Å²) in [5.41, 5.74) is 0.766. The Balaban J connectivity index is 2.98. The summed E-state index contributed by atoms with van der Waals surface area (Å²) in [6.07, 6.45) is 3.46. The van der Waals surface area contributed by atoms with Crippen LogP contribution in [-0.4, -0.2) is 12.3 Å². The average molecular weight is 175 g/mol. The van der Waals surface area contributed by atoms with Gasteiger partial charge in [-0.2, -0.15) is 0 Å². The molecule has 0 aliphatic carbocycles. The molecule has 3 nitrogen and oxygen atoms in total. The molecule has 0 spiro atoms. The molecule has 0 amide bonds. The minimum Gasteiger partial charge on any atom is -0.545 e. The maximum absolute atomic E-state index is 10.4. The van der Waals surface area contributed by atoms with Crippen molar-refractivity contribution in [2.45, 2.75) is 0 Å².